The minimum atomic E-state index is -1.46. The second-order valence-corrected chi connectivity index (χ2v) is 15.3. The van der Waals surface area contributed by atoms with E-state index in [0.717, 1.165) is 14.5 Å². The number of carbonyl (C=O) groups is 12. The Morgan fingerprint density at radius 1 is 0.672 bits per heavy atom. The van der Waals surface area contributed by atoms with Crippen LogP contribution in [-0.4, -0.2) is 163 Å². The summed E-state index contributed by atoms with van der Waals surface area (Å²) in [5.74, 6) is -12.9. The van der Waals surface area contributed by atoms with Gasteiger partial charge < -0.3 is 50.6 Å². The molecule has 344 valence electrons. The highest BCUT2D eigenvalue weighted by Gasteiger charge is 2.34. The molecule has 7 amide bonds. The molecule has 0 radical (unpaired) electrons. The molecule has 3 rings (SSSR count). The van der Waals surface area contributed by atoms with E-state index in [4.69, 9.17) is 4.84 Å². The molecule has 0 aromatic heterocycles. The topological polar surface area (TPSA) is 332 Å². The van der Waals surface area contributed by atoms with Crippen molar-refractivity contribution in [3.05, 3.63) is 68.8 Å². The zero-order valence-corrected chi connectivity index (χ0v) is 36.2. The SMILES string of the molecule is O=C(O)CCN(CC(=O)N[C@H](CCCCNC(=O)c1cccc(I)c1)C(=O)O)C(=O)CN(CCC(=O)O)C(=O)CN(CCC(=O)O)C(=O)c1cccc(C(=O)ON2C(=O)CCC2=O)c1. The van der Waals surface area contributed by atoms with Gasteiger partial charge in [-0.05, 0) is 78.3 Å². The normalized spacial score (nSPS) is 12.4. The van der Waals surface area contributed by atoms with Crippen LogP contribution in [0.15, 0.2) is 48.5 Å². The number of hydroxylamine groups is 2. The van der Waals surface area contributed by atoms with Crippen molar-refractivity contribution in [2.24, 2.45) is 0 Å². The highest BCUT2D eigenvalue weighted by atomic mass is 127. The third-order valence-electron chi connectivity index (χ3n) is 9.22. The van der Waals surface area contributed by atoms with Gasteiger partial charge in [-0.15, -0.1) is 5.06 Å². The van der Waals surface area contributed by atoms with Gasteiger partial charge in [-0.1, -0.05) is 12.1 Å². The number of amides is 7. The molecule has 2 aromatic rings. The van der Waals surface area contributed by atoms with Crippen molar-refractivity contribution in [1.29, 1.82) is 0 Å². The number of nitrogens with one attached hydrogen (secondary N) is 2. The summed E-state index contributed by atoms with van der Waals surface area (Å²) in [7, 11) is 0. The third kappa shape index (κ3) is 17.1. The van der Waals surface area contributed by atoms with Gasteiger partial charge in [-0.2, -0.15) is 0 Å². The van der Waals surface area contributed by atoms with Gasteiger partial charge in [0, 0.05) is 53.7 Å². The number of carboxylic acid groups (broad SMARTS) is 4. The highest BCUT2D eigenvalue weighted by Crippen LogP contribution is 2.17. The Morgan fingerprint density at radius 2 is 1.19 bits per heavy atom. The van der Waals surface area contributed by atoms with Crippen molar-refractivity contribution in [1.82, 2.24) is 30.4 Å². The quantitative estimate of drug-likeness (QED) is 0.0417. The maximum absolute atomic E-state index is 13.7. The molecule has 0 bridgehead atoms. The van der Waals surface area contributed by atoms with Crippen LogP contribution < -0.4 is 10.6 Å². The van der Waals surface area contributed by atoms with Crippen molar-refractivity contribution >= 4 is 93.8 Å². The summed E-state index contributed by atoms with van der Waals surface area (Å²) in [6, 6.07) is 9.99. The van der Waals surface area contributed by atoms with E-state index in [1.165, 1.54) is 18.2 Å². The van der Waals surface area contributed by atoms with E-state index in [1.54, 1.807) is 18.2 Å². The summed E-state index contributed by atoms with van der Waals surface area (Å²) < 4.78 is 0.853. The number of aliphatic carboxylic acids is 4. The van der Waals surface area contributed by atoms with E-state index < -0.39 is 130 Å². The first-order valence-electron chi connectivity index (χ1n) is 19.5. The van der Waals surface area contributed by atoms with Gasteiger partial charge in [-0.25, -0.2) is 9.59 Å². The fourth-order valence-corrected chi connectivity index (χ4v) is 6.43. The summed E-state index contributed by atoms with van der Waals surface area (Å²) in [6.07, 6.45) is -2.02. The van der Waals surface area contributed by atoms with E-state index in [1.807, 2.05) is 6.07 Å². The molecule has 1 aliphatic rings. The first-order chi connectivity index (χ1) is 30.2. The van der Waals surface area contributed by atoms with Crippen LogP contribution in [-0.2, 0) is 48.0 Å². The van der Waals surface area contributed by atoms with E-state index in [9.17, 15) is 78.0 Å². The van der Waals surface area contributed by atoms with Crippen LogP contribution in [0.25, 0.3) is 0 Å². The Kier molecular flexibility index (Phi) is 20.2. The minimum absolute atomic E-state index is 0.0905. The largest absolute Gasteiger partial charge is 0.481 e. The second-order valence-electron chi connectivity index (χ2n) is 14.1. The monoisotopic (exact) mass is 1010 g/mol. The van der Waals surface area contributed by atoms with Crippen LogP contribution in [0.5, 0.6) is 0 Å². The smallest absolute Gasteiger partial charge is 0.363 e. The molecule has 1 heterocycles. The number of benzene rings is 2. The van der Waals surface area contributed by atoms with Gasteiger partial charge in [0.25, 0.3) is 23.6 Å². The van der Waals surface area contributed by atoms with E-state index in [0.29, 0.717) is 21.8 Å². The number of carboxylic acids is 4. The Morgan fingerprint density at radius 3 is 1.75 bits per heavy atom. The summed E-state index contributed by atoms with van der Waals surface area (Å²) >= 11 is 2.06. The highest BCUT2D eigenvalue weighted by molar-refractivity contribution is 14.1. The molecular weight excluding hydrogens is 963 g/mol. The number of rotatable bonds is 26. The lowest BCUT2D eigenvalue weighted by Crippen LogP contribution is -2.51. The summed E-state index contributed by atoms with van der Waals surface area (Å²) in [4.78, 5) is 157. The van der Waals surface area contributed by atoms with Crippen LogP contribution in [0.3, 0.4) is 0 Å². The van der Waals surface area contributed by atoms with E-state index in [2.05, 4.69) is 33.2 Å². The average Bonchev–Trinajstić information content (AvgIpc) is 3.55. The molecule has 1 fully saturated rings. The first kappa shape index (κ1) is 51.4. The fraction of sp³-hybridized carbons (Fsp3) is 0.400. The standard InChI is InChI=1S/C40H45IN6O17/c41-27-8-4-5-24(20-27)37(59)42-15-2-1-9-28(39(61)62)43-29(48)21-44(16-12-34(53)54)32(51)22-45(17-13-35(55)56)33(52)23-46(18-14-36(57)58)38(60)25-6-3-7-26(19-25)40(63)64-47-30(49)10-11-31(47)50/h3-8,19-20,28H,1-2,9-18,21-23H2,(H,42,59)(H,43,48)(H,53,54)(H,55,56)(H,57,58)(H,61,62)/t28-/m1/s1. The second kappa shape index (κ2) is 25.2. The zero-order valence-electron chi connectivity index (χ0n) is 34.1. The van der Waals surface area contributed by atoms with Gasteiger partial charge in [0.15, 0.2) is 0 Å². The number of hydrogen-bond acceptors (Lipinski definition) is 13. The maximum atomic E-state index is 13.7. The van der Waals surface area contributed by atoms with Crippen LogP contribution >= 0.6 is 22.6 Å². The van der Waals surface area contributed by atoms with Gasteiger partial charge >= 0.3 is 29.8 Å². The molecule has 6 N–H and O–H groups in total. The summed E-state index contributed by atoms with van der Waals surface area (Å²) in [5.41, 5.74) is -0.155. The molecule has 0 spiro atoms. The number of carbonyl (C=O) groups excluding carboxylic acids is 8. The Bertz CT molecular complexity index is 2130. The molecule has 64 heavy (non-hydrogen) atoms. The number of nitrogens with zero attached hydrogens (tertiary/aromatic N) is 4. The average molecular weight is 1010 g/mol. The number of unbranched alkanes of at least 4 members (excludes halogenated alkanes) is 1. The molecule has 24 heteroatoms. The molecule has 23 nitrogen and oxygen atoms in total. The van der Waals surface area contributed by atoms with Gasteiger partial charge in [0.05, 0.1) is 37.9 Å². The lowest BCUT2D eigenvalue weighted by molar-refractivity contribution is -0.172. The first-order valence-corrected chi connectivity index (χ1v) is 20.6. The molecular formula is C40H45IN6O17. The lowest BCUT2D eigenvalue weighted by atomic mass is 10.1. The van der Waals surface area contributed by atoms with Crippen molar-refractivity contribution in [3.63, 3.8) is 0 Å². The maximum Gasteiger partial charge on any atom is 0.363 e. The molecule has 0 saturated carbocycles. The van der Waals surface area contributed by atoms with Crippen molar-refractivity contribution in [2.45, 2.75) is 57.4 Å². The molecule has 1 atom stereocenters. The summed E-state index contributed by atoms with van der Waals surface area (Å²) in [6.45, 7) is -4.47. The van der Waals surface area contributed by atoms with Crippen molar-refractivity contribution in [3.8, 4) is 0 Å². The Hall–Kier alpha value is -6.99. The van der Waals surface area contributed by atoms with Gasteiger partial charge in [0.2, 0.25) is 17.7 Å². The molecule has 2 aromatic carbocycles. The Labute approximate surface area is 377 Å². The predicted octanol–water partition coefficient (Wildman–Crippen LogP) is 0.205. The van der Waals surface area contributed by atoms with E-state index >= 15 is 0 Å². The molecule has 1 aliphatic heterocycles. The molecule has 1 saturated heterocycles. The Balaban J connectivity index is 1.72. The number of halogens is 1. The lowest BCUT2D eigenvalue weighted by Gasteiger charge is -2.29. The minimum Gasteiger partial charge on any atom is -0.481 e. The van der Waals surface area contributed by atoms with Crippen LogP contribution in [0.2, 0.25) is 0 Å². The predicted molar refractivity (Wildman–Crippen MR) is 224 cm³/mol. The van der Waals surface area contributed by atoms with Crippen LogP contribution in [0.1, 0.15) is 82.4 Å². The van der Waals surface area contributed by atoms with Crippen LogP contribution in [0.4, 0.5) is 0 Å². The number of hydrogen-bond donors (Lipinski definition) is 6. The molecule has 0 aliphatic carbocycles. The van der Waals surface area contributed by atoms with Crippen LogP contribution in [0, 0.1) is 3.57 Å². The zero-order chi connectivity index (χ0) is 47.5. The molecule has 0 unspecified atom stereocenters. The van der Waals surface area contributed by atoms with Gasteiger partial charge in [-0.3, -0.25) is 47.9 Å². The van der Waals surface area contributed by atoms with Crippen molar-refractivity contribution in [2.75, 3.05) is 45.8 Å². The third-order valence-corrected chi connectivity index (χ3v) is 9.89. The van der Waals surface area contributed by atoms with Gasteiger partial charge in [0.1, 0.15) is 12.6 Å². The van der Waals surface area contributed by atoms with Crippen molar-refractivity contribution < 1.29 is 82.8 Å². The number of imide groups is 1. The fourth-order valence-electron chi connectivity index (χ4n) is 5.89. The summed E-state index contributed by atoms with van der Waals surface area (Å²) in [5, 5.41) is 43.1. The van der Waals surface area contributed by atoms with E-state index in [-0.39, 0.29) is 54.3 Å².